The molecule has 0 bridgehead atoms. The molecule has 1 nitrogen and oxygen atoms in total. The molecule has 0 amide bonds. The van der Waals surface area contributed by atoms with Gasteiger partial charge in [-0.05, 0) is 26.2 Å². The van der Waals surface area contributed by atoms with Gasteiger partial charge in [0.1, 0.15) is 0 Å². The summed E-state index contributed by atoms with van der Waals surface area (Å²) in [5.74, 6) is -3.20. The maximum Gasteiger partial charge on any atom is 0.251 e. The summed E-state index contributed by atoms with van der Waals surface area (Å²) in [5.41, 5.74) is -1.13. The fourth-order valence-corrected chi connectivity index (χ4v) is 1.97. The first-order valence-electron chi connectivity index (χ1n) is 4.56. The molecule has 2 saturated carbocycles. The Morgan fingerprint density at radius 2 is 2.00 bits per heavy atom. The lowest BCUT2D eigenvalue weighted by Gasteiger charge is -2.28. The molecule has 2 atom stereocenters. The predicted octanol–water partition coefficient (Wildman–Crippen LogP) is 2.55. The Bertz CT molecular complexity index is 236. The van der Waals surface area contributed by atoms with Gasteiger partial charge in [-0.1, -0.05) is 0 Å². The van der Waals surface area contributed by atoms with Crippen LogP contribution in [0.3, 0.4) is 0 Å². The highest BCUT2D eigenvalue weighted by atomic mass is 35.5. The van der Waals surface area contributed by atoms with E-state index in [4.69, 9.17) is 11.6 Å². The standard InChI is InChI=1S/C9H13ClF2O/c1-7(13,8(10)2-3-8)4-6-5-9(6,11)12/h6,13H,2-5H2,1H3. The van der Waals surface area contributed by atoms with Crippen molar-refractivity contribution in [2.75, 3.05) is 0 Å². The fraction of sp³-hybridized carbons (Fsp3) is 1.00. The molecule has 13 heavy (non-hydrogen) atoms. The van der Waals surface area contributed by atoms with Crippen LogP contribution >= 0.6 is 11.6 Å². The summed E-state index contributed by atoms with van der Waals surface area (Å²) in [5, 5.41) is 9.89. The molecule has 0 heterocycles. The number of rotatable bonds is 3. The number of hydrogen-bond donors (Lipinski definition) is 1. The summed E-state index contributed by atoms with van der Waals surface area (Å²) >= 11 is 6.01. The van der Waals surface area contributed by atoms with Crippen molar-refractivity contribution in [1.29, 1.82) is 0 Å². The van der Waals surface area contributed by atoms with Crippen LogP contribution in [0, 0.1) is 5.92 Å². The first kappa shape index (κ1) is 9.66. The van der Waals surface area contributed by atoms with Gasteiger partial charge < -0.3 is 5.11 Å². The van der Waals surface area contributed by atoms with Crippen LogP contribution in [0.5, 0.6) is 0 Å². The molecule has 2 aliphatic rings. The van der Waals surface area contributed by atoms with Crippen LogP contribution in [0.2, 0.25) is 0 Å². The van der Waals surface area contributed by atoms with Gasteiger partial charge in [0, 0.05) is 12.3 Å². The van der Waals surface area contributed by atoms with Gasteiger partial charge in [0.15, 0.2) is 0 Å². The maximum absolute atomic E-state index is 12.6. The minimum Gasteiger partial charge on any atom is -0.388 e. The van der Waals surface area contributed by atoms with E-state index in [0.717, 1.165) is 12.8 Å². The molecule has 2 aliphatic carbocycles. The second kappa shape index (κ2) is 2.37. The fourth-order valence-electron chi connectivity index (χ4n) is 1.80. The summed E-state index contributed by atoms with van der Waals surface area (Å²) < 4.78 is 25.2. The summed E-state index contributed by atoms with van der Waals surface area (Å²) in [6.45, 7) is 1.57. The van der Waals surface area contributed by atoms with Crippen LogP contribution in [0.4, 0.5) is 8.78 Å². The van der Waals surface area contributed by atoms with E-state index in [9.17, 15) is 13.9 Å². The van der Waals surface area contributed by atoms with E-state index in [-0.39, 0.29) is 12.8 Å². The van der Waals surface area contributed by atoms with Gasteiger partial charge in [-0.15, -0.1) is 11.6 Å². The third-order valence-electron chi connectivity index (χ3n) is 3.25. The van der Waals surface area contributed by atoms with E-state index in [1.54, 1.807) is 6.92 Å². The zero-order valence-electron chi connectivity index (χ0n) is 7.49. The van der Waals surface area contributed by atoms with Crippen molar-refractivity contribution in [2.45, 2.75) is 49.0 Å². The van der Waals surface area contributed by atoms with Crippen LogP contribution in [-0.2, 0) is 0 Å². The van der Waals surface area contributed by atoms with Crippen LogP contribution in [0.15, 0.2) is 0 Å². The van der Waals surface area contributed by atoms with E-state index in [1.165, 1.54) is 0 Å². The first-order valence-corrected chi connectivity index (χ1v) is 4.94. The molecule has 2 fully saturated rings. The van der Waals surface area contributed by atoms with Crippen molar-refractivity contribution in [2.24, 2.45) is 5.92 Å². The molecule has 0 aromatic rings. The topological polar surface area (TPSA) is 20.2 Å². The quantitative estimate of drug-likeness (QED) is 0.710. The Morgan fingerprint density at radius 3 is 2.31 bits per heavy atom. The van der Waals surface area contributed by atoms with Crippen molar-refractivity contribution < 1.29 is 13.9 Å². The minimum absolute atomic E-state index is 0.0872. The van der Waals surface area contributed by atoms with Crippen LogP contribution in [0.1, 0.15) is 32.6 Å². The lowest BCUT2D eigenvalue weighted by molar-refractivity contribution is 0.0122. The normalized spacial score (nSPS) is 38.1. The zero-order valence-corrected chi connectivity index (χ0v) is 8.24. The van der Waals surface area contributed by atoms with E-state index in [2.05, 4.69) is 0 Å². The molecule has 0 radical (unpaired) electrons. The Balaban J connectivity index is 1.94. The lowest BCUT2D eigenvalue weighted by Crippen LogP contribution is -2.38. The number of halogens is 3. The Hall–Kier alpha value is 0.110. The molecular weight excluding hydrogens is 198 g/mol. The van der Waals surface area contributed by atoms with Gasteiger partial charge >= 0.3 is 0 Å². The third kappa shape index (κ3) is 1.57. The van der Waals surface area contributed by atoms with Crippen molar-refractivity contribution in [3.63, 3.8) is 0 Å². The van der Waals surface area contributed by atoms with Gasteiger partial charge in [-0.2, -0.15) is 0 Å². The zero-order chi connectivity index (χ0) is 9.91. The van der Waals surface area contributed by atoms with Crippen molar-refractivity contribution in [3.05, 3.63) is 0 Å². The smallest absolute Gasteiger partial charge is 0.251 e. The van der Waals surface area contributed by atoms with Gasteiger partial charge in [-0.3, -0.25) is 0 Å². The Labute approximate surface area is 81.1 Å². The SMILES string of the molecule is CC(O)(CC1CC1(F)F)C1(Cl)CC1. The van der Waals surface area contributed by atoms with Crippen LogP contribution in [-0.4, -0.2) is 21.5 Å². The number of hydrogen-bond acceptors (Lipinski definition) is 1. The maximum atomic E-state index is 12.6. The van der Waals surface area contributed by atoms with Crippen molar-refractivity contribution in [1.82, 2.24) is 0 Å². The second-order valence-electron chi connectivity index (χ2n) is 4.61. The second-order valence-corrected chi connectivity index (χ2v) is 5.33. The number of aliphatic hydroxyl groups is 1. The molecule has 0 aromatic carbocycles. The average Bonchev–Trinajstić information content (AvgIpc) is 2.76. The molecule has 2 unspecified atom stereocenters. The Kier molecular flexibility index (Phi) is 1.76. The Morgan fingerprint density at radius 1 is 1.54 bits per heavy atom. The molecule has 0 aliphatic heterocycles. The minimum atomic E-state index is -2.55. The summed E-state index contributed by atoms with van der Waals surface area (Å²) in [6, 6.07) is 0. The van der Waals surface area contributed by atoms with E-state index < -0.39 is 22.3 Å². The molecule has 1 N–H and O–H groups in total. The molecule has 2 rings (SSSR count). The lowest BCUT2D eigenvalue weighted by atomic mass is 9.93. The van der Waals surface area contributed by atoms with Crippen LogP contribution in [0.25, 0.3) is 0 Å². The van der Waals surface area contributed by atoms with Gasteiger partial charge in [0.05, 0.1) is 10.5 Å². The van der Waals surface area contributed by atoms with Crippen LogP contribution < -0.4 is 0 Å². The molecule has 76 valence electrons. The molecule has 0 saturated heterocycles. The number of alkyl halides is 3. The van der Waals surface area contributed by atoms with Gasteiger partial charge in [0.2, 0.25) is 0 Å². The van der Waals surface area contributed by atoms with E-state index in [0.29, 0.717) is 0 Å². The summed E-state index contributed by atoms with van der Waals surface area (Å²) in [4.78, 5) is -0.619. The van der Waals surface area contributed by atoms with Crippen molar-refractivity contribution in [3.8, 4) is 0 Å². The van der Waals surface area contributed by atoms with Crippen molar-refractivity contribution >= 4 is 11.6 Å². The van der Waals surface area contributed by atoms with Gasteiger partial charge in [-0.25, -0.2) is 8.78 Å². The molecule has 4 heteroatoms. The summed E-state index contributed by atoms with van der Waals surface area (Å²) in [6.07, 6.45) is 1.51. The highest BCUT2D eigenvalue weighted by Crippen LogP contribution is 2.59. The monoisotopic (exact) mass is 210 g/mol. The highest BCUT2D eigenvalue weighted by Gasteiger charge is 2.63. The summed E-state index contributed by atoms with van der Waals surface area (Å²) in [7, 11) is 0. The first-order chi connectivity index (χ1) is 5.77. The molecular formula is C9H13ClF2O. The predicted molar refractivity (Wildman–Crippen MR) is 46.1 cm³/mol. The van der Waals surface area contributed by atoms with E-state index in [1.807, 2.05) is 0 Å². The van der Waals surface area contributed by atoms with Gasteiger partial charge in [0.25, 0.3) is 5.92 Å². The molecule has 0 aromatic heterocycles. The van der Waals surface area contributed by atoms with E-state index >= 15 is 0 Å². The molecule has 0 spiro atoms. The largest absolute Gasteiger partial charge is 0.388 e. The average molecular weight is 211 g/mol. The highest BCUT2D eigenvalue weighted by molar-refractivity contribution is 6.26. The third-order valence-corrected chi connectivity index (χ3v) is 4.04.